The number of methoxy groups -OCH3 is 1. The second-order valence-corrected chi connectivity index (χ2v) is 3.89. The summed E-state index contributed by atoms with van der Waals surface area (Å²) in [5.41, 5.74) is 0.340. The van der Waals surface area contributed by atoms with Gasteiger partial charge in [0.2, 0.25) is 0 Å². The zero-order chi connectivity index (χ0) is 11.1. The first kappa shape index (κ1) is 10.0. The lowest BCUT2D eigenvalue weighted by Gasteiger charge is -2.33. The summed E-state index contributed by atoms with van der Waals surface area (Å²) < 4.78 is 11.1. The summed E-state index contributed by atoms with van der Waals surface area (Å²) in [6.45, 7) is 3.81. The summed E-state index contributed by atoms with van der Waals surface area (Å²) in [5, 5.41) is 0. The molecule has 1 heterocycles. The second kappa shape index (κ2) is 3.26. The van der Waals surface area contributed by atoms with Crippen LogP contribution in [0.4, 0.5) is 0 Å². The number of hydrogen-bond acceptors (Lipinski definition) is 3. The van der Waals surface area contributed by atoms with Gasteiger partial charge in [0.05, 0.1) is 12.9 Å². The first-order valence-electron chi connectivity index (χ1n) is 4.93. The van der Waals surface area contributed by atoms with Crippen molar-refractivity contribution in [2.24, 2.45) is 0 Å². The van der Waals surface area contributed by atoms with Gasteiger partial charge in [-0.05, 0) is 31.6 Å². The average Bonchev–Trinajstić information content (AvgIpc) is 2.56. The van der Waals surface area contributed by atoms with Gasteiger partial charge in [-0.1, -0.05) is 0 Å². The van der Waals surface area contributed by atoms with Crippen LogP contribution < -0.4 is 0 Å². The van der Waals surface area contributed by atoms with Gasteiger partial charge in [-0.25, -0.2) is 0 Å². The SMILES string of the molecule is COC1=CC(=O)C=C(C)[C@]12CC=C(C)O2. The van der Waals surface area contributed by atoms with Crippen molar-refractivity contribution in [1.82, 2.24) is 0 Å². The van der Waals surface area contributed by atoms with E-state index in [0.29, 0.717) is 5.76 Å². The molecule has 0 aromatic carbocycles. The predicted molar refractivity (Wildman–Crippen MR) is 56.0 cm³/mol. The van der Waals surface area contributed by atoms with Gasteiger partial charge in [-0.3, -0.25) is 4.79 Å². The number of allylic oxidation sites excluding steroid dienone is 3. The normalized spacial score (nSPS) is 29.5. The van der Waals surface area contributed by atoms with Crippen molar-refractivity contribution in [3.8, 4) is 0 Å². The van der Waals surface area contributed by atoms with Gasteiger partial charge in [0, 0.05) is 12.5 Å². The fourth-order valence-corrected chi connectivity index (χ4v) is 2.07. The van der Waals surface area contributed by atoms with E-state index in [1.807, 2.05) is 19.9 Å². The van der Waals surface area contributed by atoms with E-state index in [1.165, 1.54) is 6.08 Å². The first-order chi connectivity index (χ1) is 7.08. The highest BCUT2D eigenvalue weighted by atomic mass is 16.5. The highest BCUT2D eigenvalue weighted by Crippen LogP contribution is 2.42. The van der Waals surface area contributed by atoms with Crippen LogP contribution in [0.25, 0.3) is 0 Å². The molecule has 0 amide bonds. The molecule has 0 radical (unpaired) electrons. The Morgan fingerprint density at radius 2 is 2.13 bits per heavy atom. The molecule has 1 aliphatic carbocycles. The van der Waals surface area contributed by atoms with Crippen molar-refractivity contribution >= 4 is 5.78 Å². The molecule has 3 heteroatoms. The molecular formula is C12H14O3. The van der Waals surface area contributed by atoms with E-state index < -0.39 is 5.60 Å². The quantitative estimate of drug-likeness (QED) is 0.659. The van der Waals surface area contributed by atoms with Crippen molar-refractivity contribution in [1.29, 1.82) is 0 Å². The van der Waals surface area contributed by atoms with E-state index in [-0.39, 0.29) is 5.78 Å². The molecule has 0 unspecified atom stereocenters. The van der Waals surface area contributed by atoms with Crippen LogP contribution in [0, 0.1) is 0 Å². The monoisotopic (exact) mass is 206 g/mol. The number of carbonyl (C=O) groups is 1. The predicted octanol–water partition coefficient (Wildman–Crippen LogP) is 2.11. The first-order valence-corrected chi connectivity index (χ1v) is 4.93. The lowest BCUT2D eigenvalue weighted by Crippen LogP contribution is -2.36. The fourth-order valence-electron chi connectivity index (χ4n) is 2.07. The molecular weight excluding hydrogens is 192 g/mol. The Balaban J connectivity index is 2.42. The van der Waals surface area contributed by atoms with Gasteiger partial charge in [0.15, 0.2) is 11.4 Å². The molecule has 2 rings (SSSR count). The third-order valence-electron chi connectivity index (χ3n) is 2.90. The van der Waals surface area contributed by atoms with E-state index >= 15 is 0 Å². The number of rotatable bonds is 1. The minimum Gasteiger partial charge on any atom is -0.496 e. The third kappa shape index (κ3) is 1.39. The highest BCUT2D eigenvalue weighted by Gasteiger charge is 2.44. The maximum atomic E-state index is 11.4. The molecule has 0 aromatic heterocycles. The van der Waals surface area contributed by atoms with E-state index in [1.54, 1.807) is 13.2 Å². The summed E-state index contributed by atoms with van der Waals surface area (Å²) in [7, 11) is 1.57. The number of hydrogen-bond donors (Lipinski definition) is 0. The molecule has 15 heavy (non-hydrogen) atoms. The van der Waals surface area contributed by atoms with Crippen molar-refractivity contribution in [3.05, 3.63) is 35.3 Å². The van der Waals surface area contributed by atoms with Gasteiger partial charge in [0.1, 0.15) is 5.76 Å². The lowest BCUT2D eigenvalue weighted by molar-refractivity contribution is -0.111. The van der Waals surface area contributed by atoms with Gasteiger partial charge in [-0.15, -0.1) is 0 Å². The fraction of sp³-hybridized carbons (Fsp3) is 0.417. The zero-order valence-corrected chi connectivity index (χ0v) is 9.16. The van der Waals surface area contributed by atoms with Crippen LogP contribution >= 0.6 is 0 Å². The smallest absolute Gasteiger partial charge is 0.190 e. The molecule has 0 aromatic rings. The van der Waals surface area contributed by atoms with Crippen molar-refractivity contribution in [2.45, 2.75) is 25.9 Å². The van der Waals surface area contributed by atoms with Crippen molar-refractivity contribution < 1.29 is 14.3 Å². The molecule has 1 atom stereocenters. The lowest BCUT2D eigenvalue weighted by atomic mass is 9.85. The molecule has 0 fully saturated rings. The van der Waals surface area contributed by atoms with Gasteiger partial charge in [-0.2, -0.15) is 0 Å². The summed E-state index contributed by atoms with van der Waals surface area (Å²) in [6, 6.07) is 0. The molecule has 0 bridgehead atoms. The second-order valence-electron chi connectivity index (χ2n) is 3.89. The summed E-state index contributed by atoms with van der Waals surface area (Å²) >= 11 is 0. The molecule has 3 nitrogen and oxygen atoms in total. The Labute approximate surface area is 89.1 Å². The highest BCUT2D eigenvalue weighted by molar-refractivity contribution is 6.02. The largest absolute Gasteiger partial charge is 0.496 e. The topological polar surface area (TPSA) is 35.5 Å². The zero-order valence-electron chi connectivity index (χ0n) is 9.16. The maximum Gasteiger partial charge on any atom is 0.190 e. The van der Waals surface area contributed by atoms with Crippen LogP contribution in [0.2, 0.25) is 0 Å². The summed E-state index contributed by atoms with van der Waals surface area (Å²) in [5.74, 6) is 1.43. The summed E-state index contributed by atoms with van der Waals surface area (Å²) in [4.78, 5) is 11.4. The van der Waals surface area contributed by atoms with Crippen LogP contribution in [0.1, 0.15) is 20.3 Å². The van der Waals surface area contributed by atoms with E-state index in [2.05, 4.69) is 0 Å². The number of ketones is 1. The molecule has 1 spiro atoms. The molecule has 0 saturated heterocycles. The van der Waals surface area contributed by atoms with Crippen LogP contribution in [0.5, 0.6) is 0 Å². The molecule has 0 saturated carbocycles. The molecule has 2 aliphatic rings. The number of ether oxygens (including phenoxy) is 2. The van der Waals surface area contributed by atoms with Gasteiger partial charge >= 0.3 is 0 Å². The van der Waals surface area contributed by atoms with E-state index in [4.69, 9.17) is 9.47 Å². The molecule has 1 aliphatic heterocycles. The van der Waals surface area contributed by atoms with E-state index in [9.17, 15) is 4.79 Å². The average molecular weight is 206 g/mol. The Morgan fingerprint density at radius 3 is 2.67 bits per heavy atom. The Hall–Kier alpha value is -1.51. The van der Waals surface area contributed by atoms with E-state index in [0.717, 1.165) is 17.8 Å². The maximum absolute atomic E-state index is 11.4. The Bertz CT molecular complexity index is 401. The molecule has 80 valence electrons. The summed E-state index contributed by atoms with van der Waals surface area (Å²) in [6.07, 6.45) is 5.85. The Morgan fingerprint density at radius 1 is 1.40 bits per heavy atom. The van der Waals surface area contributed by atoms with Gasteiger partial charge in [0.25, 0.3) is 0 Å². The van der Waals surface area contributed by atoms with Crippen LogP contribution in [0.15, 0.2) is 35.3 Å². The standard InChI is InChI=1S/C12H14O3/c1-8-6-10(13)7-11(14-3)12(8)5-4-9(2)15-12/h4,6-7H,5H2,1-3H3/t12-/m1/s1. The third-order valence-corrected chi connectivity index (χ3v) is 2.90. The minimum atomic E-state index is -0.563. The van der Waals surface area contributed by atoms with Crippen molar-refractivity contribution in [3.63, 3.8) is 0 Å². The van der Waals surface area contributed by atoms with Crippen LogP contribution in [0.3, 0.4) is 0 Å². The Kier molecular flexibility index (Phi) is 2.18. The van der Waals surface area contributed by atoms with Gasteiger partial charge < -0.3 is 9.47 Å². The number of carbonyl (C=O) groups excluding carboxylic acids is 1. The van der Waals surface area contributed by atoms with Crippen LogP contribution in [-0.2, 0) is 14.3 Å². The minimum absolute atomic E-state index is 0.0388. The van der Waals surface area contributed by atoms with Crippen molar-refractivity contribution in [2.75, 3.05) is 7.11 Å². The molecule has 0 N–H and O–H groups in total. The van der Waals surface area contributed by atoms with Crippen LogP contribution in [-0.4, -0.2) is 18.5 Å².